The minimum Gasteiger partial charge on any atom is -0.406 e. The number of nitrogens with one attached hydrogen (secondary N) is 2. The summed E-state index contributed by atoms with van der Waals surface area (Å²) < 4.78 is 39.6. The predicted molar refractivity (Wildman–Crippen MR) is 64.2 cm³/mol. The number of benzene rings is 1. The van der Waals surface area contributed by atoms with E-state index in [4.69, 9.17) is 0 Å². The normalized spacial score (nSPS) is 22.6. The third-order valence-electron chi connectivity index (χ3n) is 2.78. The zero-order valence-corrected chi connectivity index (χ0v) is 10.3. The van der Waals surface area contributed by atoms with Crippen molar-refractivity contribution in [3.05, 3.63) is 24.3 Å². The first-order valence-electron chi connectivity index (χ1n) is 5.91. The quantitative estimate of drug-likeness (QED) is 0.783. The average molecular weight is 290 g/mol. The van der Waals surface area contributed by atoms with Crippen LogP contribution in [0.4, 0.5) is 18.9 Å². The molecular weight excluding hydrogens is 277 g/mol. The summed E-state index contributed by atoms with van der Waals surface area (Å²) in [5, 5.41) is 14.7. The van der Waals surface area contributed by atoms with E-state index in [9.17, 15) is 23.1 Å². The first-order valence-corrected chi connectivity index (χ1v) is 5.91. The number of carbonyl (C=O) groups is 1. The number of hydrogen-bond donors (Lipinski definition) is 3. The Balaban J connectivity index is 1.92. The molecule has 0 aliphatic carbocycles. The third-order valence-corrected chi connectivity index (χ3v) is 2.78. The Morgan fingerprint density at radius 3 is 2.50 bits per heavy atom. The first-order chi connectivity index (χ1) is 9.33. The lowest BCUT2D eigenvalue weighted by Gasteiger charge is -2.12. The van der Waals surface area contributed by atoms with Crippen molar-refractivity contribution in [3.8, 4) is 5.75 Å². The Labute approximate surface area is 112 Å². The highest BCUT2D eigenvalue weighted by molar-refractivity contribution is 5.95. The minimum absolute atomic E-state index is 0.307. The molecule has 3 N–H and O–H groups in total. The van der Waals surface area contributed by atoms with Crippen LogP contribution in [0.5, 0.6) is 5.75 Å². The van der Waals surface area contributed by atoms with Gasteiger partial charge in [-0.1, -0.05) is 0 Å². The maximum Gasteiger partial charge on any atom is 0.573 e. The SMILES string of the molecule is O=C(Nc1ccc(OC(F)(F)F)cc1)C1CC(O)CN1. The third kappa shape index (κ3) is 4.10. The van der Waals surface area contributed by atoms with Crippen LogP contribution < -0.4 is 15.4 Å². The summed E-state index contributed by atoms with van der Waals surface area (Å²) in [6.07, 6.45) is -5.00. The second-order valence-electron chi connectivity index (χ2n) is 4.41. The van der Waals surface area contributed by atoms with E-state index < -0.39 is 18.5 Å². The Morgan fingerprint density at radius 2 is 2.00 bits per heavy atom. The molecule has 8 heteroatoms. The Bertz CT molecular complexity index is 476. The second-order valence-corrected chi connectivity index (χ2v) is 4.41. The van der Waals surface area contributed by atoms with Gasteiger partial charge in [0.15, 0.2) is 0 Å². The molecule has 1 aromatic carbocycles. The van der Waals surface area contributed by atoms with Crippen molar-refractivity contribution < 1.29 is 27.8 Å². The highest BCUT2D eigenvalue weighted by atomic mass is 19.4. The lowest BCUT2D eigenvalue weighted by atomic mass is 10.2. The molecule has 1 aliphatic heterocycles. The summed E-state index contributed by atoms with van der Waals surface area (Å²) in [5.74, 6) is -0.698. The summed E-state index contributed by atoms with van der Waals surface area (Å²) in [6.45, 7) is 0.344. The molecular formula is C12H13F3N2O3. The molecule has 2 unspecified atom stereocenters. The fourth-order valence-corrected chi connectivity index (χ4v) is 1.89. The number of amides is 1. The molecule has 2 atom stereocenters. The summed E-state index contributed by atoms with van der Waals surface area (Å²) in [4.78, 5) is 11.8. The maximum absolute atomic E-state index is 12.0. The van der Waals surface area contributed by atoms with Crippen molar-refractivity contribution in [2.24, 2.45) is 0 Å². The van der Waals surface area contributed by atoms with E-state index in [0.717, 1.165) is 12.1 Å². The monoisotopic (exact) mass is 290 g/mol. The van der Waals surface area contributed by atoms with E-state index in [0.29, 0.717) is 18.7 Å². The highest BCUT2D eigenvalue weighted by Gasteiger charge is 2.31. The van der Waals surface area contributed by atoms with Crippen LogP contribution in [0.3, 0.4) is 0 Å². The molecule has 1 amide bonds. The maximum atomic E-state index is 12.0. The smallest absolute Gasteiger partial charge is 0.406 e. The van der Waals surface area contributed by atoms with Crippen LogP contribution in [0.2, 0.25) is 0 Å². The van der Waals surface area contributed by atoms with Crippen LogP contribution >= 0.6 is 0 Å². The van der Waals surface area contributed by atoms with Crippen molar-refractivity contribution in [2.45, 2.75) is 24.9 Å². The van der Waals surface area contributed by atoms with Gasteiger partial charge in [-0.15, -0.1) is 13.2 Å². The standard InChI is InChI=1S/C12H13F3N2O3/c13-12(14,15)20-9-3-1-7(2-4-9)17-11(19)10-5-8(18)6-16-10/h1-4,8,10,16,18H,5-6H2,(H,17,19). The van der Waals surface area contributed by atoms with Gasteiger partial charge < -0.3 is 20.5 Å². The minimum atomic E-state index is -4.74. The van der Waals surface area contributed by atoms with Crippen molar-refractivity contribution in [1.29, 1.82) is 0 Å². The van der Waals surface area contributed by atoms with Gasteiger partial charge in [-0.25, -0.2) is 0 Å². The van der Waals surface area contributed by atoms with Gasteiger partial charge in [0.05, 0.1) is 12.1 Å². The molecule has 0 radical (unpaired) electrons. The van der Waals surface area contributed by atoms with Gasteiger partial charge in [0.1, 0.15) is 5.75 Å². The van der Waals surface area contributed by atoms with E-state index in [1.54, 1.807) is 0 Å². The number of aliphatic hydroxyl groups excluding tert-OH is 1. The molecule has 0 saturated carbocycles. The summed E-state index contributed by atoms with van der Waals surface area (Å²) in [6, 6.07) is 4.34. The first kappa shape index (κ1) is 14.6. The Hall–Kier alpha value is -1.80. The van der Waals surface area contributed by atoms with Gasteiger partial charge in [0.25, 0.3) is 0 Å². The highest BCUT2D eigenvalue weighted by Crippen LogP contribution is 2.24. The predicted octanol–water partition coefficient (Wildman–Crippen LogP) is 1.25. The molecule has 0 spiro atoms. The lowest BCUT2D eigenvalue weighted by molar-refractivity contribution is -0.274. The van der Waals surface area contributed by atoms with Gasteiger partial charge in [0.2, 0.25) is 5.91 Å². The van der Waals surface area contributed by atoms with Gasteiger partial charge in [0, 0.05) is 12.2 Å². The van der Waals surface area contributed by atoms with Gasteiger partial charge >= 0.3 is 6.36 Å². The van der Waals surface area contributed by atoms with Gasteiger partial charge in [-0.3, -0.25) is 4.79 Å². The number of β-amino-alcohol motifs (C(OH)–C–C–N with tert-alkyl or cyclic N) is 1. The number of halogens is 3. The lowest BCUT2D eigenvalue weighted by Crippen LogP contribution is -2.35. The van der Waals surface area contributed by atoms with Crippen LogP contribution in [-0.2, 0) is 4.79 Å². The van der Waals surface area contributed by atoms with E-state index in [2.05, 4.69) is 15.4 Å². The van der Waals surface area contributed by atoms with E-state index >= 15 is 0 Å². The molecule has 0 bridgehead atoms. The molecule has 110 valence electrons. The molecule has 5 nitrogen and oxygen atoms in total. The fourth-order valence-electron chi connectivity index (χ4n) is 1.89. The van der Waals surface area contributed by atoms with Crippen LogP contribution in [0, 0.1) is 0 Å². The van der Waals surface area contributed by atoms with Crippen molar-refractivity contribution in [2.75, 3.05) is 11.9 Å². The molecule has 1 heterocycles. The van der Waals surface area contributed by atoms with E-state index in [-0.39, 0.29) is 11.7 Å². The number of rotatable bonds is 3. The zero-order chi connectivity index (χ0) is 14.8. The Kier molecular flexibility index (Phi) is 4.15. The Morgan fingerprint density at radius 1 is 1.35 bits per heavy atom. The van der Waals surface area contributed by atoms with Crippen molar-refractivity contribution in [1.82, 2.24) is 5.32 Å². The van der Waals surface area contributed by atoms with Crippen LogP contribution in [-0.4, -0.2) is 36.1 Å². The topological polar surface area (TPSA) is 70.6 Å². The van der Waals surface area contributed by atoms with E-state index in [1.165, 1.54) is 12.1 Å². The molecule has 1 aliphatic rings. The van der Waals surface area contributed by atoms with E-state index in [1.807, 2.05) is 0 Å². The summed E-state index contributed by atoms with van der Waals surface area (Å²) >= 11 is 0. The van der Waals surface area contributed by atoms with Gasteiger partial charge in [-0.05, 0) is 30.7 Å². The zero-order valence-electron chi connectivity index (χ0n) is 10.3. The molecule has 1 saturated heterocycles. The van der Waals surface area contributed by atoms with Crippen LogP contribution in [0.25, 0.3) is 0 Å². The van der Waals surface area contributed by atoms with Crippen molar-refractivity contribution >= 4 is 11.6 Å². The molecule has 0 aromatic heterocycles. The number of alkyl halides is 3. The fraction of sp³-hybridized carbons (Fsp3) is 0.417. The number of aliphatic hydroxyl groups is 1. The number of ether oxygens (including phenoxy) is 1. The second kappa shape index (κ2) is 5.68. The summed E-state index contributed by atoms with van der Waals surface area (Å²) in [5.41, 5.74) is 0.354. The summed E-state index contributed by atoms with van der Waals surface area (Å²) in [7, 11) is 0. The van der Waals surface area contributed by atoms with Crippen LogP contribution in [0.1, 0.15) is 6.42 Å². The van der Waals surface area contributed by atoms with Crippen LogP contribution in [0.15, 0.2) is 24.3 Å². The van der Waals surface area contributed by atoms with Gasteiger partial charge in [-0.2, -0.15) is 0 Å². The average Bonchev–Trinajstić information content (AvgIpc) is 2.77. The molecule has 1 fully saturated rings. The molecule has 2 rings (SSSR count). The molecule has 20 heavy (non-hydrogen) atoms. The molecule has 1 aromatic rings. The largest absolute Gasteiger partial charge is 0.573 e. The number of anilines is 1. The number of carbonyl (C=O) groups excluding carboxylic acids is 1. The number of hydrogen-bond acceptors (Lipinski definition) is 4. The van der Waals surface area contributed by atoms with Crippen molar-refractivity contribution in [3.63, 3.8) is 0 Å².